The number of benzene rings is 1. The molecule has 1 aromatic rings. The number of alkyl halides is 3. The van der Waals surface area contributed by atoms with Gasteiger partial charge in [-0.25, -0.2) is 4.90 Å². The summed E-state index contributed by atoms with van der Waals surface area (Å²) in [6.07, 6.45) is 1.14. The van der Waals surface area contributed by atoms with E-state index in [1.54, 1.807) is 7.11 Å². The number of nitrogens with zero attached hydrogens (tertiary/aromatic N) is 1. The molecule has 23 heavy (non-hydrogen) atoms. The van der Waals surface area contributed by atoms with Gasteiger partial charge in [0.2, 0.25) is 0 Å². The molecule has 0 radical (unpaired) electrons. The molecule has 1 aromatic carbocycles. The molecule has 0 aromatic heterocycles. The molecule has 0 bridgehead atoms. The normalized spacial score (nSPS) is 33.7. The number of aryl methyl sites for hydroxylation is 1. The Balaban J connectivity index is 1.90. The van der Waals surface area contributed by atoms with Crippen molar-refractivity contribution in [3.8, 4) is 5.75 Å². The minimum Gasteiger partial charge on any atom is -0.497 e. The number of methoxy groups -OCH3 is 1. The average molecular weight is 325 g/mol. The van der Waals surface area contributed by atoms with Gasteiger partial charge in [-0.1, -0.05) is 18.9 Å². The van der Waals surface area contributed by atoms with Gasteiger partial charge in [-0.15, -0.1) is 0 Å². The van der Waals surface area contributed by atoms with Crippen molar-refractivity contribution in [2.45, 2.75) is 62.2 Å². The zero-order valence-electron chi connectivity index (χ0n) is 13.4. The summed E-state index contributed by atoms with van der Waals surface area (Å²) in [5, 5.41) is 0. The van der Waals surface area contributed by atoms with E-state index in [-0.39, 0.29) is 12.0 Å². The highest BCUT2D eigenvalue weighted by atomic mass is 19.4. The van der Waals surface area contributed by atoms with Crippen molar-refractivity contribution in [2.75, 3.05) is 13.7 Å². The lowest BCUT2D eigenvalue weighted by atomic mass is 9.53. The fourth-order valence-corrected chi connectivity index (χ4v) is 5.66. The van der Waals surface area contributed by atoms with E-state index in [0.29, 0.717) is 19.3 Å². The van der Waals surface area contributed by atoms with E-state index in [1.807, 2.05) is 12.1 Å². The smallest absolute Gasteiger partial charge is 0.460 e. The number of hydrogen-bond donors (Lipinski definition) is 0. The maximum Gasteiger partial charge on any atom is 0.460 e. The summed E-state index contributed by atoms with van der Waals surface area (Å²) in [4.78, 5) is 0.877. The summed E-state index contributed by atoms with van der Waals surface area (Å²) < 4.78 is 46.5. The van der Waals surface area contributed by atoms with Crippen LogP contribution in [-0.4, -0.2) is 30.4 Å². The molecule has 0 unspecified atom stereocenters. The quantitative estimate of drug-likeness (QED) is 0.709. The topological polar surface area (TPSA) is 12.5 Å². The summed E-state index contributed by atoms with van der Waals surface area (Å²) in [7, 11) is 1.62. The lowest BCUT2D eigenvalue weighted by Gasteiger charge is -2.56. The van der Waals surface area contributed by atoms with Gasteiger partial charge < -0.3 is 4.74 Å². The molecule has 0 amide bonds. The lowest BCUT2D eigenvalue weighted by Crippen LogP contribution is -2.63. The van der Waals surface area contributed by atoms with E-state index in [9.17, 15) is 13.2 Å². The van der Waals surface area contributed by atoms with Crippen molar-refractivity contribution in [1.29, 1.82) is 0 Å². The first-order valence-corrected chi connectivity index (χ1v) is 8.45. The molecule has 4 rings (SSSR count). The Bertz CT molecular complexity index is 629. The van der Waals surface area contributed by atoms with Crippen LogP contribution in [0.2, 0.25) is 0 Å². The number of halogens is 3. The van der Waals surface area contributed by atoms with E-state index in [1.165, 1.54) is 5.56 Å². The van der Waals surface area contributed by atoms with E-state index in [0.717, 1.165) is 41.9 Å². The molecule has 1 saturated carbocycles. The van der Waals surface area contributed by atoms with Crippen LogP contribution < -0.4 is 4.74 Å². The lowest BCUT2D eigenvalue weighted by molar-refractivity contribution is -0.276. The third-order valence-electron chi connectivity index (χ3n) is 6.56. The molecule has 2 atom stereocenters. The van der Waals surface area contributed by atoms with Crippen LogP contribution >= 0.6 is 0 Å². The van der Waals surface area contributed by atoms with E-state index in [4.69, 9.17) is 4.74 Å². The van der Waals surface area contributed by atoms with Crippen LogP contribution in [0.1, 0.15) is 49.7 Å². The van der Waals surface area contributed by atoms with Gasteiger partial charge in [0, 0.05) is 17.5 Å². The minimum atomic E-state index is -4.24. The van der Waals surface area contributed by atoms with Crippen LogP contribution in [0.5, 0.6) is 5.75 Å². The number of fused-ring (bicyclic) bond motifs is 1. The number of ether oxygens (including phenoxy) is 1. The minimum absolute atomic E-state index is 0.125. The van der Waals surface area contributed by atoms with Crippen molar-refractivity contribution >= 4 is 0 Å². The molecule has 3 aliphatic rings. The van der Waals surface area contributed by atoms with Crippen LogP contribution in [0.15, 0.2) is 18.2 Å². The standard InChI is InChI=1S/C18H22F3NO/c1-23-14-5-4-13-6-9-17-8-3-2-7-16(17,15(13)12-14)10-11-22(17)18(19,20)21/h4-5,12H,2-3,6-11H2,1H3/t16-,17+/m1/s1. The molecule has 2 nitrogen and oxygen atoms in total. The van der Waals surface area contributed by atoms with Crippen LogP contribution in [0.4, 0.5) is 13.2 Å². The molecular weight excluding hydrogens is 303 g/mol. The van der Waals surface area contributed by atoms with Crippen molar-refractivity contribution in [3.63, 3.8) is 0 Å². The Morgan fingerprint density at radius 2 is 1.87 bits per heavy atom. The van der Waals surface area contributed by atoms with Gasteiger partial charge >= 0.3 is 6.30 Å². The monoisotopic (exact) mass is 325 g/mol. The zero-order valence-corrected chi connectivity index (χ0v) is 13.4. The van der Waals surface area contributed by atoms with Gasteiger partial charge in [0.25, 0.3) is 0 Å². The largest absolute Gasteiger partial charge is 0.497 e. The predicted molar refractivity (Wildman–Crippen MR) is 81.6 cm³/mol. The van der Waals surface area contributed by atoms with Crippen molar-refractivity contribution in [1.82, 2.24) is 4.90 Å². The van der Waals surface area contributed by atoms with Crippen molar-refractivity contribution in [2.24, 2.45) is 0 Å². The second-order valence-corrected chi connectivity index (χ2v) is 7.21. The summed E-state index contributed by atoms with van der Waals surface area (Å²) in [6, 6.07) is 5.99. The van der Waals surface area contributed by atoms with Crippen molar-refractivity contribution < 1.29 is 17.9 Å². The van der Waals surface area contributed by atoms with Crippen LogP contribution in [0.25, 0.3) is 0 Å². The van der Waals surface area contributed by atoms with Crippen LogP contribution in [0, 0.1) is 0 Å². The Morgan fingerprint density at radius 3 is 2.61 bits per heavy atom. The maximum absolute atomic E-state index is 13.7. The van der Waals surface area contributed by atoms with E-state index < -0.39 is 11.8 Å². The molecule has 2 aliphatic carbocycles. The second kappa shape index (κ2) is 4.88. The van der Waals surface area contributed by atoms with Crippen LogP contribution in [-0.2, 0) is 11.8 Å². The van der Waals surface area contributed by atoms with Crippen molar-refractivity contribution in [3.05, 3.63) is 29.3 Å². The summed E-state index contributed by atoms with van der Waals surface area (Å²) in [6.45, 7) is 0.125. The second-order valence-electron chi connectivity index (χ2n) is 7.21. The maximum atomic E-state index is 13.7. The molecule has 0 spiro atoms. The molecule has 5 heteroatoms. The predicted octanol–water partition coefficient (Wildman–Crippen LogP) is 4.42. The fraction of sp³-hybridized carbons (Fsp3) is 0.667. The first-order valence-electron chi connectivity index (χ1n) is 8.45. The van der Waals surface area contributed by atoms with Gasteiger partial charge in [-0.3, -0.25) is 0 Å². The number of likely N-dealkylation sites (tertiary alicyclic amines) is 1. The molecule has 1 aliphatic heterocycles. The molecule has 126 valence electrons. The summed E-state index contributed by atoms with van der Waals surface area (Å²) in [5.74, 6) is 0.755. The highest BCUT2D eigenvalue weighted by Crippen LogP contribution is 2.62. The van der Waals surface area contributed by atoms with Gasteiger partial charge in [0.1, 0.15) is 5.75 Å². The molecule has 2 fully saturated rings. The molecule has 1 saturated heterocycles. The number of rotatable bonds is 1. The third kappa shape index (κ3) is 1.92. The third-order valence-corrected chi connectivity index (χ3v) is 6.56. The van der Waals surface area contributed by atoms with Gasteiger partial charge in [0.05, 0.1) is 7.11 Å². The van der Waals surface area contributed by atoms with Gasteiger partial charge in [-0.2, -0.15) is 13.2 Å². The fourth-order valence-electron chi connectivity index (χ4n) is 5.66. The highest BCUT2D eigenvalue weighted by Gasteiger charge is 2.67. The summed E-state index contributed by atoms with van der Waals surface area (Å²) in [5.41, 5.74) is 1.23. The first-order chi connectivity index (χ1) is 10.9. The molecule has 1 heterocycles. The Hall–Kier alpha value is -1.23. The van der Waals surface area contributed by atoms with Gasteiger partial charge in [0.15, 0.2) is 0 Å². The molecular formula is C18H22F3NO. The van der Waals surface area contributed by atoms with Gasteiger partial charge in [-0.05, 0) is 55.4 Å². The Labute approximate surface area is 134 Å². The molecule has 0 N–H and O–H groups in total. The van der Waals surface area contributed by atoms with E-state index >= 15 is 0 Å². The first kappa shape index (κ1) is 15.3. The Morgan fingerprint density at radius 1 is 1.09 bits per heavy atom. The summed E-state index contributed by atoms with van der Waals surface area (Å²) >= 11 is 0. The SMILES string of the molecule is COc1ccc2c(c1)[C@]13CCCC[C@@]1(CC2)N(C(F)(F)F)CC3. The number of hydrogen-bond acceptors (Lipinski definition) is 2. The Kier molecular flexibility index (Phi) is 3.25. The average Bonchev–Trinajstić information content (AvgIpc) is 2.90. The highest BCUT2D eigenvalue weighted by molar-refractivity contribution is 5.48. The van der Waals surface area contributed by atoms with Crippen LogP contribution in [0.3, 0.4) is 0 Å². The van der Waals surface area contributed by atoms with E-state index in [2.05, 4.69) is 6.07 Å². The zero-order chi connectivity index (χ0) is 16.3.